The predicted molar refractivity (Wildman–Crippen MR) is 135 cm³/mol. The summed E-state index contributed by atoms with van der Waals surface area (Å²) in [4.78, 5) is 12.7. The van der Waals surface area contributed by atoms with Gasteiger partial charge in [0.25, 0.3) is 5.91 Å². The van der Waals surface area contributed by atoms with Crippen molar-refractivity contribution in [3.05, 3.63) is 102 Å². The third kappa shape index (κ3) is 6.37. The summed E-state index contributed by atoms with van der Waals surface area (Å²) in [5, 5.41) is 12.3. The fourth-order valence-corrected chi connectivity index (χ4v) is 4.30. The topological polar surface area (TPSA) is 105 Å². The molecule has 0 aliphatic carbocycles. The van der Waals surface area contributed by atoms with Crippen LogP contribution in [0.15, 0.2) is 89.9 Å². The normalized spacial score (nSPS) is 11.3. The van der Waals surface area contributed by atoms with Gasteiger partial charge in [-0.25, -0.2) is 0 Å². The minimum atomic E-state index is -4.13. The van der Waals surface area contributed by atoms with Crippen LogP contribution in [-0.2, 0) is 21.3 Å². The van der Waals surface area contributed by atoms with Crippen molar-refractivity contribution < 1.29 is 22.1 Å². The Labute approximate surface area is 205 Å². The first kappa shape index (κ1) is 25.3. The van der Waals surface area contributed by atoms with E-state index in [0.717, 1.165) is 5.56 Å². The summed E-state index contributed by atoms with van der Waals surface area (Å²) in [5.41, 5.74) is 2.31. The van der Waals surface area contributed by atoms with E-state index in [0.29, 0.717) is 16.8 Å². The Morgan fingerprint density at radius 3 is 2.49 bits per heavy atom. The van der Waals surface area contributed by atoms with Crippen LogP contribution in [0, 0.1) is 18.3 Å². The second-order valence-electron chi connectivity index (χ2n) is 7.55. The first-order chi connectivity index (χ1) is 16.8. The minimum Gasteiger partial charge on any atom is -0.493 e. The van der Waals surface area contributed by atoms with Crippen molar-refractivity contribution in [2.24, 2.45) is 0 Å². The molecular weight excluding hydrogens is 464 g/mol. The van der Waals surface area contributed by atoms with E-state index >= 15 is 0 Å². The predicted octanol–water partition coefficient (Wildman–Crippen LogP) is 5.05. The number of nitrogens with zero attached hydrogens (tertiary/aromatic N) is 1. The number of ether oxygens (including phenoxy) is 1. The molecule has 0 atom stereocenters. The zero-order valence-electron chi connectivity index (χ0n) is 19.3. The summed E-state index contributed by atoms with van der Waals surface area (Å²) < 4.78 is 36.5. The Balaban J connectivity index is 1.99. The van der Waals surface area contributed by atoms with Crippen molar-refractivity contribution in [3.63, 3.8) is 0 Å². The van der Waals surface area contributed by atoms with E-state index in [2.05, 4.69) is 11.9 Å². The van der Waals surface area contributed by atoms with Gasteiger partial charge in [0.1, 0.15) is 16.5 Å². The molecule has 3 aromatic carbocycles. The van der Waals surface area contributed by atoms with Gasteiger partial charge in [0.15, 0.2) is 11.5 Å². The molecule has 1 amide bonds. The van der Waals surface area contributed by atoms with Crippen LogP contribution in [0.25, 0.3) is 6.08 Å². The highest BCUT2D eigenvalue weighted by atomic mass is 32.2. The Bertz CT molecular complexity index is 1420. The molecule has 0 saturated heterocycles. The average molecular weight is 489 g/mol. The van der Waals surface area contributed by atoms with Gasteiger partial charge in [-0.3, -0.25) is 4.79 Å². The molecule has 3 aromatic rings. The lowest BCUT2D eigenvalue weighted by Crippen LogP contribution is -2.13. The minimum absolute atomic E-state index is 0.00448. The molecule has 3 rings (SSSR count). The van der Waals surface area contributed by atoms with Gasteiger partial charge in [0.2, 0.25) is 0 Å². The van der Waals surface area contributed by atoms with Crippen LogP contribution in [0.3, 0.4) is 0 Å². The standard InChI is InChI=1S/C27H24N2O5S/c1-4-9-21-15-20(16-22(18-28)27(30)29-23-11-8-10-19(2)14-23)17-25(33-3)26(21)34-35(31,32)24-12-6-5-7-13-24/h4-8,10-17H,1,9H2,2-3H3,(H,29,30)/b22-16+. The molecule has 8 heteroatoms. The average Bonchev–Trinajstić information content (AvgIpc) is 2.84. The van der Waals surface area contributed by atoms with Gasteiger partial charge in [-0.15, -0.1) is 6.58 Å². The van der Waals surface area contributed by atoms with Crippen molar-refractivity contribution in [2.45, 2.75) is 18.2 Å². The molecule has 0 spiro atoms. The number of carbonyl (C=O) groups excluding carboxylic acids is 1. The van der Waals surface area contributed by atoms with Gasteiger partial charge in [0.05, 0.1) is 7.11 Å². The molecule has 0 saturated carbocycles. The quantitative estimate of drug-likeness (QED) is 0.196. The third-order valence-corrected chi connectivity index (χ3v) is 6.15. The highest BCUT2D eigenvalue weighted by Crippen LogP contribution is 2.36. The number of rotatable bonds is 9. The third-order valence-electron chi connectivity index (χ3n) is 4.92. The molecule has 0 aromatic heterocycles. The van der Waals surface area contributed by atoms with Crippen molar-refractivity contribution in [1.82, 2.24) is 0 Å². The summed E-state index contributed by atoms with van der Waals surface area (Å²) in [7, 11) is -2.75. The van der Waals surface area contributed by atoms with Crippen LogP contribution in [0.2, 0.25) is 0 Å². The lowest BCUT2D eigenvalue weighted by Gasteiger charge is -2.15. The fourth-order valence-electron chi connectivity index (χ4n) is 3.30. The SMILES string of the molecule is C=CCc1cc(/C=C(\C#N)C(=O)Nc2cccc(C)c2)cc(OC)c1OS(=O)(=O)c1ccccc1. The number of carbonyl (C=O) groups is 1. The van der Waals surface area contributed by atoms with Crippen molar-refractivity contribution in [3.8, 4) is 17.6 Å². The van der Waals surface area contributed by atoms with Crippen LogP contribution < -0.4 is 14.2 Å². The van der Waals surface area contributed by atoms with Crippen molar-refractivity contribution >= 4 is 27.8 Å². The first-order valence-corrected chi connectivity index (χ1v) is 12.0. The van der Waals surface area contributed by atoms with Crippen molar-refractivity contribution in [1.29, 1.82) is 5.26 Å². The molecule has 1 N–H and O–H groups in total. The summed E-state index contributed by atoms with van der Waals surface area (Å²) >= 11 is 0. The summed E-state index contributed by atoms with van der Waals surface area (Å²) in [5.74, 6) is -0.433. The van der Waals surface area contributed by atoms with E-state index in [1.54, 1.807) is 48.5 Å². The van der Waals surface area contributed by atoms with E-state index in [1.165, 1.54) is 31.4 Å². The number of anilines is 1. The molecule has 0 bridgehead atoms. The molecule has 0 fully saturated rings. The van der Waals surface area contributed by atoms with Crippen LogP contribution in [-0.4, -0.2) is 21.4 Å². The van der Waals surface area contributed by atoms with Gasteiger partial charge < -0.3 is 14.2 Å². The number of hydrogen-bond donors (Lipinski definition) is 1. The number of hydrogen-bond acceptors (Lipinski definition) is 6. The van der Waals surface area contributed by atoms with Gasteiger partial charge >= 0.3 is 10.1 Å². The monoisotopic (exact) mass is 488 g/mol. The molecule has 7 nitrogen and oxygen atoms in total. The summed E-state index contributed by atoms with van der Waals surface area (Å²) in [6, 6.07) is 20.0. The molecular formula is C27H24N2O5S. The van der Waals surface area contributed by atoms with E-state index in [9.17, 15) is 18.5 Å². The zero-order chi connectivity index (χ0) is 25.4. The molecule has 0 aliphatic heterocycles. The number of allylic oxidation sites excluding steroid dienone is 1. The smallest absolute Gasteiger partial charge is 0.339 e. The Hall–Kier alpha value is -4.35. The van der Waals surface area contributed by atoms with Crippen LogP contribution >= 0.6 is 0 Å². The van der Waals surface area contributed by atoms with Gasteiger partial charge in [-0.05, 0) is 66.9 Å². The number of benzene rings is 3. The van der Waals surface area contributed by atoms with E-state index in [1.807, 2.05) is 19.1 Å². The largest absolute Gasteiger partial charge is 0.493 e. The lowest BCUT2D eigenvalue weighted by molar-refractivity contribution is -0.112. The van der Waals surface area contributed by atoms with Crippen LogP contribution in [0.1, 0.15) is 16.7 Å². The van der Waals surface area contributed by atoms with Crippen molar-refractivity contribution in [2.75, 3.05) is 12.4 Å². The summed E-state index contributed by atoms with van der Waals surface area (Å²) in [6.45, 7) is 5.61. The highest BCUT2D eigenvalue weighted by molar-refractivity contribution is 7.87. The second kappa shape index (κ2) is 11.2. The molecule has 0 heterocycles. The lowest BCUT2D eigenvalue weighted by atomic mass is 10.0. The molecule has 0 aliphatic rings. The van der Waals surface area contributed by atoms with Gasteiger partial charge in [0, 0.05) is 11.3 Å². The number of methoxy groups -OCH3 is 1. The highest BCUT2D eigenvalue weighted by Gasteiger charge is 2.22. The fraction of sp³-hybridized carbons (Fsp3) is 0.111. The maximum absolute atomic E-state index is 12.8. The van der Waals surface area contributed by atoms with E-state index < -0.39 is 16.0 Å². The summed E-state index contributed by atoms with van der Waals surface area (Å²) in [6.07, 6.45) is 3.24. The molecule has 178 valence electrons. The number of nitrogens with one attached hydrogen (secondary N) is 1. The molecule has 35 heavy (non-hydrogen) atoms. The number of aryl methyl sites for hydroxylation is 1. The number of amides is 1. The number of nitriles is 1. The van der Waals surface area contributed by atoms with E-state index in [-0.39, 0.29) is 28.4 Å². The maximum atomic E-state index is 12.8. The van der Waals surface area contributed by atoms with Crippen LogP contribution in [0.5, 0.6) is 11.5 Å². The Morgan fingerprint density at radius 1 is 1.11 bits per heavy atom. The Morgan fingerprint density at radius 2 is 1.86 bits per heavy atom. The molecule has 0 unspecified atom stereocenters. The maximum Gasteiger partial charge on any atom is 0.339 e. The molecule has 0 radical (unpaired) electrons. The first-order valence-electron chi connectivity index (χ1n) is 10.6. The van der Waals surface area contributed by atoms with Gasteiger partial charge in [-0.1, -0.05) is 36.4 Å². The zero-order valence-corrected chi connectivity index (χ0v) is 20.1. The van der Waals surface area contributed by atoms with Gasteiger partial charge in [-0.2, -0.15) is 13.7 Å². The van der Waals surface area contributed by atoms with Crippen LogP contribution in [0.4, 0.5) is 5.69 Å². The Kier molecular flexibility index (Phi) is 8.08. The second-order valence-corrected chi connectivity index (χ2v) is 9.09. The van der Waals surface area contributed by atoms with E-state index in [4.69, 9.17) is 8.92 Å².